The summed E-state index contributed by atoms with van der Waals surface area (Å²) >= 11 is 3.50. The van der Waals surface area contributed by atoms with E-state index in [1.165, 1.54) is 24.8 Å². The third-order valence-corrected chi connectivity index (χ3v) is 3.91. The highest BCUT2D eigenvalue weighted by molar-refractivity contribution is 9.10. The Bertz CT molecular complexity index is 337. The molecule has 1 aliphatic rings. The average molecular weight is 283 g/mol. The molecule has 1 aromatic rings. The second-order valence-electron chi connectivity index (χ2n) is 4.87. The minimum absolute atomic E-state index is 0.0698. The van der Waals surface area contributed by atoms with E-state index in [2.05, 4.69) is 40.2 Å². The Morgan fingerprint density at radius 2 is 2.06 bits per heavy atom. The monoisotopic (exact) mass is 282 g/mol. The van der Waals surface area contributed by atoms with Crippen molar-refractivity contribution in [1.82, 2.24) is 0 Å². The van der Waals surface area contributed by atoms with Crippen molar-refractivity contribution in [3.05, 3.63) is 34.3 Å². The van der Waals surface area contributed by atoms with E-state index in [-0.39, 0.29) is 6.10 Å². The summed E-state index contributed by atoms with van der Waals surface area (Å²) in [5.41, 5.74) is 1.38. The molecule has 0 saturated heterocycles. The fourth-order valence-corrected chi connectivity index (χ4v) is 3.06. The van der Waals surface area contributed by atoms with E-state index in [1.807, 2.05) is 0 Å². The number of benzene rings is 1. The lowest BCUT2D eigenvalue weighted by Gasteiger charge is -2.16. The first kappa shape index (κ1) is 12.1. The van der Waals surface area contributed by atoms with Gasteiger partial charge in [0.2, 0.25) is 0 Å². The fourth-order valence-electron chi connectivity index (χ4n) is 2.62. The molecule has 16 heavy (non-hydrogen) atoms. The van der Waals surface area contributed by atoms with Gasteiger partial charge in [-0.3, -0.25) is 0 Å². The second-order valence-corrected chi connectivity index (χ2v) is 5.79. The van der Waals surface area contributed by atoms with Crippen LogP contribution >= 0.6 is 15.9 Å². The highest BCUT2D eigenvalue weighted by Crippen LogP contribution is 2.27. The number of hydrogen-bond donors (Lipinski definition) is 1. The van der Waals surface area contributed by atoms with Gasteiger partial charge in [-0.05, 0) is 42.9 Å². The molecular weight excluding hydrogens is 264 g/mol. The van der Waals surface area contributed by atoms with Gasteiger partial charge in [0.05, 0.1) is 6.10 Å². The molecule has 0 spiro atoms. The van der Waals surface area contributed by atoms with Crippen LogP contribution < -0.4 is 0 Å². The maximum Gasteiger partial charge on any atom is 0.0543 e. The summed E-state index contributed by atoms with van der Waals surface area (Å²) in [6, 6.07) is 8.53. The van der Waals surface area contributed by atoms with Crippen molar-refractivity contribution in [3.8, 4) is 0 Å². The predicted octanol–water partition coefficient (Wildman–Crippen LogP) is 3.93. The van der Waals surface area contributed by atoms with Gasteiger partial charge >= 0.3 is 0 Å². The number of halogens is 1. The molecule has 0 heterocycles. The van der Waals surface area contributed by atoms with Crippen LogP contribution in [-0.4, -0.2) is 11.2 Å². The zero-order valence-electron chi connectivity index (χ0n) is 9.53. The van der Waals surface area contributed by atoms with Gasteiger partial charge in [0.1, 0.15) is 0 Å². The van der Waals surface area contributed by atoms with Crippen LogP contribution in [0.1, 0.15) is 37.7 Å². The molecule has 0 radical (unpaired) electrons. The van der Waals surface area contributed by atoms with E-state index < -0.39 is 0 Å². The van der Waals surface area contributed by atoms with Crippen molar-refractivity contribution in [2.45, 2.75) is 44.6 Å². The van der Waals surface area contributed by atoms with Crippen LogP contribution in [0.3, 0.4) is 0 Å². The summed E-state index contributed by atoms with van der Waals surface area (Å²) in [5.74, 6) is 0.659. The lowest BCUT2D eigenvalue weighted by atomic mass is 9.92. The van der Waals surface area contributed by atoms with Crippen LogP contribution in [0.2, 0.25) is 0 Å². The van der Waals surface area contributed by atoms with Crippen molar-refractivity contribution < 1.29 is 5.11 Å². The van der Waals surface area contributed by atoms with Crippen LogP contribution in [0.4, 0.5) is 0 Å². The Morgan fingerprint density at radius 1 is 1.25 bits per heavy atom. The molecule has 1 saturated carbocycles. The highest BCUT2D eigenvalue weighted by atomic mass is 79.9. The lowest BCUT2D eigenvalue weighted by Crippen LogP contribution is -2.12. The van der Waals surface area contributed by atoms with E-state index in [4.69, 9.17) is 0 Å². The molecule has 1 fully saturated rings. The molecule has 2 atom stereocenters. The van der Waals surface area contributed by atoms with Gasteiger partial charge < -0.3 is 5.11 Å². The van der Waals surface area contributed by atoms with Crippen molar-refractivity contribution in [2.24, 2.45) is 5.92 Å². The third-order valence-electron chi connectivity index (χ3n) is 3.42. The van der Waals surface area contributed by atoms with Crippen molar-refractivity contribution in [3.63, 3.8) is 0 Å². The standard InChI is InChI=1S/C14H19BrO/c15-13-6-3-5-11(9-13)8-12-4-1-2-7-14(16)10-12/h3,5-6,9,12,14,16H,1-2,4,7-8,10H2. The van der Waals surface area contributed by atoms with E-state index in [1.54, 1.807) is 0 Å². The maximum atomic E-state index is 9.78. The van der Waals surface area contributed by atoms with Gasteiger partial charge in [-0.2, -0.15) is 0 Å². The maximum absolute atomic E-state index is 9.78. The van der Waals surface area contributed by atoms with Crippen LogP contribution in [0.15, 0.2) is 28.7 Å². The molecule has 0 aromatic heterocycles. The SMILES string of the molecule is OC1CCCCC(Cc2cccc(Br)c2)C1. The first-order valence-corrected chi connectivity index (χ1v) is 6.96. The van der Waals surface area contributed by atoms with Crippen molar-refractivity contribution >= 4 is 15.9 Å². The van der Waals surface area contributed by atoms with Crippen molar-refractivity contribution in [1.29, 1.82) is 0 Å². The molecule has 1 N–H and O–H groups in total. The molecule has 2 unspecified atom stereocenters. The summed E-state index contributed by atoms with van der Waals surface area (Å²) in [6.07, 6.45) is 6.74. The molecule has 0 amide bonds. The minimum Gasteiger partial charge on any atom is -0.393 e. The molecular formula is C14H19BrO. The van der Waals surface area contributed by atoms with Gasteiger partial charge in [-0.25, -0.2) is 0 Å². The first-order chi connectivity index (χ1) is 7.74. The summed E-state index contributed by atoms with van der Waals surface area (Å²) in [7, 11) is 0. The van der Waals surface area contributed by atoms with Gasteiger partial charge in [0, 0.05) is 4.47 Å². The molecule has 2 rings (SSSR count). The summed E-state index contributed by atoms with van der Waals surface area (Å²) < 4.78 is 1.15. The van der Waals surface area contributed by atoms with Crippen LogP contribution in [0.25, 0.3) is 0 Å². The van der Waals surface area contributed by atoms with Gasteiger partial charge in [-0.15, -0.1) is 0 Å². The molecule has 1 aliphatic carbocycles. The van der Waals surface area contributed by atoms with E-state index in [0.29, 0.717) is 5.92 Å². The Kier molecular flexibility index (Phi) is 4.42. The predicted molar refractivity (Wildman–Crippen MR) is 70.4 cm³/mol. The Hall–Kier alpha value is -0.340. The Labute approximate surface area is 106 Å². The molecule has 1 nitrogen and oxygen atoms in total. The zero-order chi connectivity index (χ0) is 11.4. The molecule has 88 valence electrons. The van der Waals surface area contributed by atoms with Crippen LogP contribution in [-0.2, 0) is 6.42 Å². The quantitative estimate of drug-likeness (QED) is 0.815. The molecule has 0 bridgehead atoms. The van der Waals surface area contributed by atoms with Crippen LogP contribution in [0, 0.1) is 5.92 Å². The van der Waals surface area contributed by atoms with E-state index in [9.17, 15) is 5.11 Å². The van der Waals surface area contributed by atoms with Crippen molar-refractivity contribution in [2.75, 3.05) is 0 Å². The van der Waals surface area contributed by atoms with Gasteiger partial charge in [0.15, 0.2) is 0 Å². The Morgan fingerprint density at radius 3 is 2.88 bits per heavy atom. The number of aliphatic hydroxyl groups excluding tert-OH is 1. The molecule has 0 aliphatic heterocycles. The number of aliphatic hydroxyl groups is 1. The summed E-state index contributed by atoms with van der Waals surface area (Å²) in [5, 5.41) is 9.78. The van der Waals surface area contributed by atoms with E-state index >= 15 is 0 Å². The third kappa shape index (κ3) is 3.60. The fraction of sp³-hybridized carbons (Fsp3) is 0.571. The molecule has 1 aromatic carbocycles. The van der Waals surface area contributed by atoms with Crippen LogP contribution in [0.5, 0.6) is 0 Å². The normalized spacial score (nSPS) is 26.4. The minimum atomic E-state index is -0.0698. The lowest BCUT2D eigenvalue weighted by molar-refractivity contribution is 0.141. The van der Waals surface area contributed by atoms with E-state index in [0.717, 1.165) is 23.7 Å². The zero-order valence-corrected chi connectivity index (χ0v) is 11.1. The average Bonchev–Trinajstić information content (AvgIpc) is 2.43. The largest absolute Gasteiger partial charge is 0.393 e. The molecule has 2 heteroatoms. The summed E-state index contributed by atoms with van der Waals surface area (Å²) in [4.78, 5) is 0. The Balaban J connectivity index is 1.97. The van der Waals surface area contributed by atoms with Gasteiger partial charge in [-0.1, -0.05) is 47.3 Å². The summed E-state index contributed by atoms with van der Waals surface area (Å²) in [6.45, 7) is 0. The highest BCUT2D eigenvalue weighted by Gasteiger charge is 2.18. The number of rotatable bonds is 2. The smallest absolute Gasteiger partial charge is 0.0543 e. The number of hydrogen-bond acceptors (Lipinski definition) is 1. The van der Waals surface area contributed by atoms with Gasteiger partial charge in [0.25, 0.3) is 0 Å². The first-order valence-electron chi connectivity index (χ1n) is 6.16. The second kappa shape index (κ2) is 5.83. The topological polar surface area (TPSA) is 20.2 Å².